The Morgan fingerprint density at radius 1 is 0.919 bits per heavy atom. The summed E-state index contributed by atoms with van der Waals surface area (Å²) in [6.45, 7) is 0.662. The highest BCUT2D eigenvalue weighted by Crippen LogP contribution is 2.42. The van der Waals surface area contributed by atoms with Crippen LogP contribution in [0.25, 0.3) is 33.0 Å². The van der Waals surface area contributed by atoms with Crippen LogP contribution in [0.5, 0.6) is 0 Å². The first-order valence-corrected chi connectivity index (χ1v) is 13.0. The fourth-order valence-electron chi connectivity index (χ4n) is 4.39. The van der Waals surface area contributed by atoms with Crippen LogP contribution in [-0.4, -0.2) is 22.1 Å². The van der Waals surface area contributed by atoms with Crippen LogP contribution in [0.15, 0.2) is 107 Å². The Morgan fingerprint density at radius 2 is 1.68 bits per heavy atom. The van der Waals surface area contributed by atoms with Crippen LogP contribution in [0.1, 0.15) is 11.1 Å². The van der Waals surface area contributed by atoms with Crippen molar-refractivity contribution in [2.45, 2.75) is 11.6 Å². The molecule has 0 unspecified atom stereocenters. The molecule has 0 aliphatic heterocycles. The molecule has 0 saturated carbocycles. The van der Waals surface area contributed by atoms with Gasteiger partial charge in [0.15, 0.2) is 5.84 Å². The summed E-state index contributed by atoms with van der Waals surface area (Å²) in [4.78, 5) is 9.58. The minimum Gasteiger partial charge on any atom is -0.382 e. The molecule has 0 atom stereocenters. The average molecular weight is 506 g/mol. The number of amidine groups is 1. The van der Waals surface area contributed by atoms with Crippen molar-refractivity contribution in [1.82, 2.24) is 15.5 Å². The minimum atomic E-state index is 0.255. The molecule has 37 heavy (non-hydrogen) atoms. The zero-order valence-corrected chi connectivity index (χ0v) is 21.2. The average Bonchev–Trinajstić information content (AvgIpc) is 2.96. The SMILES string of the molecule is CSc1nc(NCc2ccccc2)c2c(-c3ccccc3)cccc2c1-c1cncc(/C(N)=N/NN)c1. The Labute approximate surface area is 220 Å². The molecule has 5 aromatic rings. The normalized spacial score (nSPS) is 11.5. The van der Waals surface area contributed by atoms with E-state index in [0.717, 1.165) is 43.9 Å². The summed E-state index contributed by atoms with van der Waals surface area (Å²) in [6, 6.07) is 29.0. The smallest absolute Gasteiger partial charge is 0.153 e. The minimum absolute atomic E-state index is 0.255. The number of pyridine rings is 2. The molecule has 7 nitrogen and oxygen atoms in total. The largest absolute Gasteiger partial charge is 0.382 e. The molecule has 8 heteroatoms. The van der Waals surface area contributed by atoms with Crippen LogP contribution in [0.2, 0.25) is 0 Å². The summed E-state index contributed by atoms with van der Waals surface area (Å²) in [6.07, 6.45) is 5.53. The summed E-state index contributed by atoms with van der Waals surface area (Å²) < 4.78 is 0. The zero-order valence-electron chi connectivity index (χ0n) is 20.3. The van der Waals surface area contributed by atoms with E-state index in [-0.39, 0.29) is 5.84 Å². The fraction of sp³-hybridized carbons (Fsp3) is 0.0690. The van der Waals surface area contributed by atoms with E-state index in [1.165, 1.54) is 5.56 Å². The Morgan fingerprint density at radius 3 is 2.41 bits per heavy atom. The van der Waals surface area contributed by atoms with Crippen LogP contribution in [0, 0.1) is 0 Å². The van der Waals surface area contributed by atoms with Crippen molar-refractivity contribution in [1.29, 1.82) is 0 Å². The molecule has 0 bridgehead atoms. The second-order valence-corrected chi connectivity index (χ2v) is 9.16. The fourth-order valence-corrected chi connectivity index (χ4v) is 5.00. The molecule has 0 radical (unpaired) electrons. The first kappa shape index (κ1) is 24.3. The van der Waals surface area contributed by atoms with Crippen LogP contribution >= 0.6 is 11.8 Å². The molecule has 0 aliphatic rings. The van der Waals surface area contributed by atoms with Gasteiger partial charge >= 0.3 is 0 Å². The Bertz CT molecular complexity index is 1550. The van der Waals surface area contributed by atoms with E-state index in [9.17, 15) is 0 Å². The van der Waals surface area contributed by atoms with Crippen molar-refractivity contribution in [2.75, 3.05) is 11.6 Å². The molecule has 0 saturated heterocycles. The van der Waals surface area contributed by atoms with Gasteiger partial charge in [0.05, 0.1) is 0 Å². The summed E-state index contributed by atoms with van der Waals surface area (Å²) in [5.41, 5.74) is 14.3. The van der Waals surface area contributed by atoms with Crippen LogP contribution in [0.3, 0.4) is 0 Å². The summed E-state index contributed by atoms with van der Waals surface area (Å²) in [5, 5.41) is 10.5. The second kappa shape index (κ2) is 11.1. The monoisotopic (exact) mass is 505 g/mol. The number of benzene rings is 3. The number of aromatic nitrogens is 2. The lowest BCUT2D eigenvalue weighted by molar-refractivity contribution is 0.803. The van der Waals surface area contributed by atoms with Gasteiger partial charge in [0, 0.05) is 41.0 Å². The van der Waals surface area contributed by atoms with E-state index >= 15 is 0 Å². The molecule has 2 heterocycles. The van der Waals surface area contributed by atoms with E-state index < -0.39 is 0 Å². The highest BCUT2D eigenvalue weighted by atomic mass is 32.2. The quantitative estimate of drug-likeness (QED) is 0.0736. The molecule has 2 aromatic heterocycles. The van der Waals surface area contributed by atoms with Crippen molar-refractivity contribution >= 4 is 34.2 Å². The van der Waals surface area contributed by atoms with E-state index in [2.05, 4.69) is 75.5 Å². The van der Waals surface area contributed by atoms with Gasteiger partial charge in [-0.25, -0.2) is 16.4 Å². The maximum atomic E-state index is 6.09. The van der Waals surface area contributed by atoms with Gasteiger partial charge in [-0.1, -0.05) is 78.9 Å². The lowest BCUT2D eigenvalue weighted by Crippen LogP contribution is -2.23. The van der Waals surface area contributed by atoms with Crippen molar-refractivity contribution in [3.8, 4) is 22.3 Å². The number of hydrazine groups is 1. The third-order valence-electron chi connectivity index (χ3n) is 6.09. The number of anilines is 1. The maximum absolute atomic E-state index is 6.09. The van der Waals surface area contributed by atoms with Gasteiger partial charge in [0.1, 0.15) is 10.8 Å². The molecule has 0 amide bonds. The van der Waals surface area contributed by atoms with Crippen LogP contribution < -0.4 is 22.4 Å². The molecular weight excluding hydrogens is 478 g/mol. The molecule has 5 rings (SSSR count). The van der Waals surface area contributed by atoms with Crippen molar-refractivity contribution in [2.24, 2.45) is 16.7 Å². The molecule has 0 fully saturated rings. The van der Waals surface area contributed by atoms with Crippen molar-refractivity contribution in [3.05, 3.63) is 108 Å². The molecule has 0 spiro atoms. The topological polar surface area (TPSA) is 114 Å². The number of rotatable bonds is 8. The highest BCUT2D eigenvalue weighted by molar-refractivity contribution is 7.98. The number of nitrogens with two attached hydrogens (primary N) is 2. The number of nitrogens with zero attached hydrogens (tertiary/aromatic N) is 3. The first-order chi connectivity index (χ1) is 18.2. The summed E-state index contributed by atoms with van der Waals surface area (Å²) in [7, 11) is 0. The predicted octanol–water partition coefficient (Wildman–Crippen LogP) is 5.38. The molecule has 0 aliphatic carbocycles. The van der Waals surface area contributed by atoms with Crippen molar-refractivity contribution < 1.29 is 0 Å². The van der Waals surface area contributed by atoms with E-state index in [0.29, 0.717) is 12.1 Å². The van der Waals surface area contributed by atoms with Gasteiger partial charge in [-0.2, -0.15) is 0 Å². The van der Waals surface area contributed by atoms with E-state index in [4.69, 9.17) is 16.6 Å². The molecule has 3 aromatic carbocycles. The van der Waals surface area contributed by atoms with Gasteiger partial charge < -0.3 is 11.1 Å². The summed E-state index contributed by atoms with van der Waals surface area (Å²) >= 11 is 1.59. The maximum Gasteiger partial charge on any atom is 0.153 e. The van der Waals surface area contributed by atoms with Crippen LogP contribution in [-0.2, 0) is 6.54 Å². The number of hydrogen-bond acceptors (Lipinski definition) is 7. The number of hydrazone groups is 1. The predicted molar refractivity (Wildman–Crippen MR) is 154 cm³/mol. The molecule has 6 N–H and O–H groups in total. The van der Waals surface area contributed by atoms with Gasteiger partial charge in [-0.05, 0) is 34.4 Å². The number of fused-ring (bicyclic) bond motifs is 1. The van der Waals surface area contributed by atoms with Gasteiger partial charge in [0.2, 0.25) is 0 Å². The number of hydrogen-bond donors (Lipinski definition) is 4. The Balaban J connectivity index is 1.75. The second-order valence-electron chi connectivity index (χ2n) is 8.37. The van der Waals surface area contributed by atoms with Gasteiger partial charge in [-0.3, -0.25) is 4.98 Å². The highest BCUT2D eigenvalue weighted by Gasteiger charge is 2.19. The van der Waals surface area contributed by atoms with Crippen molar-refractivity contribution in [3.63, 3.8) is 0 Å². The zero-order chi connectivity index (χ0) is 25.6. The third-order valence-corrected chi connectivity index (χ3v) is 6.77. The lowest BCUT2D eigenvalue weighted by atomic mass is 9.94. The van der Waals surface area contributed by atoms with Gasteiger partial charge in [-0.15, -0.1) is 16.9 Å². The van der Waals surface area contributed by atoms with Crippen LogP contribution in [0.4, 0.5) is 5.82 Å². The number of nitrogens with one attached hydrogen (secondary N) is 2. The third kappa shape index (κ3) is 5.11. The molecular formula is C29H27N7S. The van der Waals surface area contributed by atoms with E-state index in [1.807, 2.05) is 42.8 Å². The summed E-state index contributed by atoms with van der Waals surface area (Å²) in [5.74, 6) is 6.43. The first-order valence-electron chi connectivity index (χ1n) is 11.8. The number of thioether (sulfide) groups is 1. The lowest BCUT2D eigenvalue weighted by Gasteiger charge is -2.19. The Hall–Kier alpha value is -4.40. The standard InChI is InChI=1S/C29H27N7S/c1-37-29-25(21-15-22(18-32-17-21)27(30)35-36-31)24-14-8-13-23(20-11-6-3-7-12-20)26(24)28(34-29)33-16-19-9-4-2-5-10-19/h2-15,17-18,36H,16,31H2,1H3,(H2,30,35)(H,33,34). The molecule has 184 valence electrons. The van der Waals surface area contributed by atoms with E-state index in [1.54, 1.807) is 18.0 Å². The van der Waals surface area contributed by atoms with Gasteiger partial charge in [0.25, 0.3) is 0 Å². The Kier molecular flexibility index (Phi) is 7.30.